The van der Waals surface area contributed by atoms with E-state index in [9.17, 15) is 31.1 Å². The second kappa shape index (κ2) is 7.99. The fraction of sp³-hybridized carbons (Fsp3) is 0.278. The molecule has 0 aliphatic rings. The van der Waals surface area contributed by atoms with Crippen LogP contribution in [-0.4, -0.2) is 12.8 Å². The third-order valence-electron chi connectivity index (χ3n) is 3.64. The Bertz CT molecular complexity index is 830. The molecule has 2 aromatic rings. The van der Waals surface area contributed by atoms with Crippen LogP contribution in [0, 0.1) is 13.8 Å². The normalized spacial score (nSPS) is 11.9. The molecule has 0 unspecified atom stereocenters. The van der Waals surface area contributed by atoms with Gasteiger partial charge in [-0.25, -0.2) is 4.79 Å². The van der Waals surface area contributed by atoms with Crippen LogP contribution in [0.2, 0.25) is 0 Å². The molecule has 4 nitrogen and oxygen atoms in total. The van der Waals surface area contributed by atoms with E-state index in [0.29, 0.717) is 17.9 Å². The van der Waals surface area contributed by atoms with Crippen LogP contribution in [0.15, 0.2) is 36.4 Å². The van der Waals surface area contributed by atoms with Gasteiger partial charge in [0, 0.05) is 5.69 Å². The van der Waals surface area contributed by atoms with Crippen molar-refractivity contribution in [1.29, 1.82) is 0 Å². The first kappa shape index (κ1) is 21.4. The number of ether oxygens (including phenoxy) is 1. The van der Waals surface area contributed by atoms with Gasteiger partial charge in [-0.05, 0) is 43.7 Å². The van der Waals surface area contributed by atoms with Crippen LogP contribution in [0.1, 0.15) is 22.3 Å². The number of aryl methyl sites for hydroxylation is 2. The van der Waals surface area contributed by atoms with Crippen molar-refractivity contribution in [3.63, 3.8) is 0 Å². The minimum atomic E-state index is -5.00. The van der Waals surface area contributed by atoms with Crippen LogP contribution in [0.4, 0.5) is 36.8 Å². The SMILES string of the molecule is Cc1ccc(OCNC(=O)Nc2cc(C(F)(F)F)cc(C(F)(F)F)c2)c(C)c1. The zero-order valence-corrected chi connectivity index (χ0v) is 14.8. The lowest BCUT2D eigenvalue weighted by Gasteiger charge is -2.15. The number of halogens is 6. The highest BCUT2D eigenvalue weighted by molar-refractivity contribution is 5.89. The molecule has 2 aromatic carbocycles. The maximum atomic E-state index is 12.8. The minimum absolute atomic E-state index is 0.0215. The topological polar surface area (TPSA) is 50.4 Å². The Hall–Kier alpha value is -2.91. The first-order chi connectivity index (χ1) is 12.9. The number of urea groups is 1. The number of alkyl halides is 6. The summed E-state index contributed by atoms with van der Waals surface area (Å²) in [5.74, 6) is 0.476. The average molecular weight is 406 g/mol. The fourth-order valence-electron chi connectivity index (χ4n) is 2.34. The largest absolute Gasteiger partial charge is 0.473 e. The number of benzene rings is 2. The summed E-state index contributed by atoms with van der Waals surface area (Å²) in [5.41, 5.74) is -1.89. The molecule has 0 bridgehead atoms. The number of hydrogen-bond donors (Lipinski definition) is 2. The predicted molar refractivity (Wildman–Crippen MR) is 90.0 cm³/mol. The summed E-state index contributed by atoms with van der Waals surface area (Å²) in [6, 6.07) is 5.09. The van der Waals surface area contributed by atoms with Gasteiger partial charge in [0.25, 0.3) is 0 Å². The monoisotopic (exact) mass is 406 g/mol. The summed E-state index contributed by atoms with van der Waals surface area (Å²) in [6.07, 6.45) is -10.00. The van der Waals surface area contributed by atoms with Crippen LogP contribution < -0.4 is 15.4 Å². The molecular formula is C18H16F6N2O2. The molecule has 0 saturated carbocycles. The van der Waals surface area contributed by atoms with Gasteiger partial charge in [-0.2, -0.15) is 26.3 Å². The lowest BCUT2D eigenvalue weighted by Crippen LogP contribution is -2.32. The van der Waals surface area contributed by atoms with Crippen molar-refractivity contribution in [2.75, 3.05) is 12.0 Å². The summed E-state index contributed by atoms with van der Waals surface area (Å²) in [6.45, 7) is 3.33. The number of carbonyl (C=O) groups is 1. The van der Waals surface area contributed by atoms with E-state index in [1.807, 2.05) is 18.3 Å². The van der Waals surface area contributed by atoms with Crippen LogP contribution in [-0.2, 0) is 12.4 Å². The van der Waals surface area contributed by atoms with Gasteiger partial charge in [0.2, 0.25) is 0 Å². The number of amides is 2. The first-order valence-corrected chi connectivity index (χ1v) is 7.90. The van der Waals surface area contributed by atoms with Gasteiger partial charge in [-0.15, -0.1) is 0 Å². The van der Waals surface area contributed by atoms with E-state index in [-0.39, 0.29) is 12.8 Å². The maximum absolute atomic E-state index is 12.8. The number of carbonyl (C=O) groups excluding carboxylic acids is 1. The van der Waals surface area contributed by atoms with Gasteiger partial charge < -0.3 is 15.4 Å². The zero-order chi connectivity index (χ0) is 21.1. The molecule has 2 N–H and O–H groups in total. The molecule has 0 saturated heterocycles. The third-order valence-corrected chi connectivity index (χ3v) is 3.64. The number of hydrogen-bond acceptors (Lipinski definition) is 2. The van der Waals surface area contributed by atoms with Crippen molar-refractivity contribution < 1.29 is 35.9 Å². The molecule has 0 aliphatic carbocycles. The summed E-state index contributed by atoms with van der Waals surface area (Å²) in [7, 11) is 0. The van der Waals surface area contributed by atoms with Crippen molar-refractivity contribution >= 4 is 11.7 Å². The lowest BCUT2D eigenvalue weighted by molar-refractivity contribution is -0.143. The Morgan fingerprint density at radius 3 is 2.00 bits per heavy atom. The Morgan fingerprint density at radius 1 is 0.929 bits per heavy atom. The predicted octanol–water partition coefficient (Wildman–Crippen LogP) is 5.50. The van der Waals surface area contributed by atoms with Crippen molar-refractivity contribution in [2.24, 2.45) is 0 Å². The van der Waals surface area contributed by atoms with Crippen LogP contribution in [0.5, 0.6) is 5.75 Å². The van der Waals surface area contributed by atoms with Crippen molar-refractivity contribution in [3.05, 3.63) is 58.7 Å². The molecule has 2 amide bonds. The number of anilines is 1. The Kier molecular flexibility index (Phi) is 6.10. The van der Waals surface area contributed by atoms with E-state index in [1.54, 1.807) is 19.1 Å². The summed E-state index contributed by atoms with van der Waals surface area (Å²) >= 11 is 0. The molecule has 152 valence electrons. The minimum Gasteiger partial charge on any atom is -0.473 e. The lowest BCUT2D eigenvalue weighted by atomic mass is 10.1. The second-order valence-electron chi connectivity index (χ2n) is 5.98. The quantitative estimate of drug-likeness (QED) is 0.521. The van der Waals surface area contributed by atoms with Gasteiger partial charge in [0.15, 0.2) is 6.73 Å². The van der Waals surface area contributed by atoms with Crippen LogP contribution in [0.3, 0.4) is 0 Å². The highest BCUT2D eigenvalue weighted by atomic mass is 19.4. The molecule has 28 heavy (non-hydrogen) atoms. The van der Waals surface area contributed by atoms with E-state index >= 15 is 0 Å². The number of rotatable bonds is 4. The number of nitrogens with one attached hydrogen (secondary N) is 2. The van der Waals surface area contributed by atoms with E-state index in [2.05, 4.69) is 5.32 Å². The molecule has 0 radical (unpaired) electrons. The van der Waals surface area contributed by atoms with Gasteiger partial charge >= 0.3 is 18.4 Å². The highest BCUT2D eigenvalue weighted by Crippen LogP contribution is 2.37. The Morgan fingerprint density at radius 2 is 1.50 bits per heavy atom. The third kappa shape index (κ3) is 5.80. The van der Waals surface area contributed by atoms with Crippen molar-refractivity contribution in [3.8, 4) is 5.75 Å². The second-order valence-corrected chi connectivity index (χ2v) is 5.98. The van der Waals surface area contributed by atoms with Crippen molar-refractivity contribution in [1.82, 2.24) is 5.32 Å². The van der Waals surface area contributed by atoms with Crippen molar-refractivity contribution in [2.45, 2.75) is 26.2 Å². The van der Waals surface area contributed by atoms with Crippen LogP contribution >= 0.6 is 0 Å². The van der Waals surface area contributed by atoms with Gasteiger partial charge in [-0.1, -0.05) is 17.7 Å². The summed E-state index contributed by atoms with van der Waals surface area (Å²) in [4.78, 5) is 11.8. The molecule has 2 rings (SSSR count). The zero-order valence-electron chi connectivity index (χ0n) is 14.8. The van der Waals surface area contributed by atoms with E-state index in [0.717, 1.165) is 11.1 Å². The summed E-state index contributed by atoms with van der Waals surface area (Å²) < 4.78 is 82.2. The smallest absolute Gasteiger partial charge is 0.416 e. The molecule has 0 aromatic heterocycles. The molecule has 0 heterocycles. The van der Waals surface area contributed by atoms with Gasteiger partial charge in [0.1, 0.15) is 5.75 Å². The molecule has 0 atom stereocenters. The van der Waals surface area contributed by atoms with E-state index in [4.69, 9.17) is 4.74 Å². The first-order valence-electron chi connectivity index (χ1n) is 7.90. The van der Waals surface area contributed by atoms with E-state index in [1.165, 1.54) is 0 Å². The van der Waals surface area contributed by atoms with Gasteiger partial charge in [0.05, 0.1) is 11.1 Å². The molecule has 10 heteroatoms. The maximum Gasteiger partial charge on any atom is 0.416 e. The van der Waals surface area contributed by atoms with Gasteiger partial charge in [-0.3, -0.25) is 0 Å². The molecule has 0 spiro atoms. The van der Waals surface area contributed by atoms with E-state index < -0.39 is 35.2 Å². The standard InChI is InChI=1S/C18H16F6N2O2/c1-10-3-4-15(11(2)5-10)28-9-25-16(27)26-14-7-12(17(19,20)21)6-13(8-14)18(22,23)24/h3-8H,9H2,1-2H3,(H2,25,26,27). The molecule has 0 fully saturated rings. The average Bonchev–Trinajstić information content (AvgIpc) is 2.55. The Balaban J connectivity index is 2.06. The summed E-state index contributed by atoms with van der Waals surface area (Å²) in [5, 5.41) is 4.15. The fourth-order valence-corrected chi connectivity index (χ4v) is 2.34. The highest BCUT2D eigenvalue weighted by Gasteiger charge is 2.37. The van der Waals surface area contributed by atoms with Crippen LogP contribution in [0.25, 0.3) is 0 Å². The Labute approximate surface area is 156 Å². The molecular weight excluding hydrogens is 390 g/mol. The molecule has 0 aliphatic heterocycles.